The number of aromatic nitrogens is 1. The van der Waals surface area contributed by atoms with Crippen LogP contribution in [0.25, 0.3) is 0 Å². The van der Waals surface area contributed by atoms with Gasteiger partial charge in [0.25, 0.3) is 0 Å². The van der Waals surface area contributed by atoms with Gasteiger partial charge in [0.05, 0.1) is 6.10 Å². The summed E-state index contributed by atoms with van der Waals surface area (Å²) in [5.41, 5.74) is 1.48. The molecule has 0 amide bonds. The number of nitrogens with one attached hydrogen (secondary N) is 1. The first-order valence-electron chi connectivity index (χ1n) is 6.16. The fourth-order valence-corrected chi connectivity index (χ4v) is 2.28. The molecule has 2 rings (SSSR count). The van der Waals surface area contributed by atoms with Gasteiger partial charge >= 0.3 is 0 Å². The highest BCUT2D eigenvalue weighted by Gasteiger charge is 2.36. The van der Waals surface area contributed by atoms with Gasteiger partial charge in [-0.1, -0.05) is 0 Å². The predicted molar refractivity (Wildman–Crippen MR) is 65.4 cm³/mol. The molecule has 0 saturated carbocycles. The zero-order chi connectivity index (χ0) is 11.6. The normalized spacial score (nSPS) is 29.8. The summed E-state index contributed by atoms with van der Waals surface area (Å²) < 4.78 is 7.90. The Bertz CT molecular complexity index is 347. The molecular weight excluding hydrogens is 200 g/mol. The number of hydrogen-bond acceptors (Lipinski definition) is 2. The summed E-state index contributed by atoms with van der Waals surface area (Å²) in [6.07, 6.45) is 3.53. The average molecular weight is 222 g/mol. The van der Waals surface area contributed by atoms with E-state index >= 15 is 0 Å². The zero-order valence-corrected chi connectivity index (χ0v) is 10.5. The zero-order valence-electron chi connectivity index (χ0n) is 10.5. The summed E-state index contributed by atoms with van der Waals surface area (Å²) in [5, 5.41) is 3.64. The Balaban J connectivity index is 1.97. The standard InChI is InChI=1S/C13H22N2O/c1-4-15-8-5-6-12(15)10-14-13(3)7-9-16-11(13)2/h5-6,8,11,14H,4,7,9-10H2,1-3H3. The van der Waals surface area contributed by atoms with Crippen molar-refractivity contribution in [3.05, 3.63) is 24.0 Å². The third-order valence-corrected chi connectivity index (χ3v) is 3.82. The summed E-state index contributed by atoms with van der Waals surface area (Å²) in [6.45, 7) is 9.41. The number of aryl methyl sites for hydroxylation is 1. The summed E-state index contributed by atoms with van der Waals surface area (Å²) in [6, 6.07) is 4.29. The van der Waals surface area contributed by atoms with Gasteiger partial charge < -0.3 is 14.6 Å². The van der Waals surface area contributed by atoms with Crippen LogP contribution >= 0.6 is 0 Å². The second-order valence-electron chi connectivity index (χ2n) is 4.82. The fraction of sp³-hybridized carbons (Fsp3) is 0.692. The van der Waals surface area contributed by atoms with E-state index in [4.69, 9.17) is 4.74 Å². The molecule has 3 nitrogen and oxygen atoms in total. The van der Waals surface area contributed by atoms with Gasteiger partial charge in [0, 0.05) is 37.1 Å². The molecule has 2 atom stereocenters. The monoisotopic (exact) mass is 222 g/mol. The van der Waals surface area contributed by atoms with Gasteiger partial charge in [-0.2, -0.15) is 0 Å². The molecular formula is C13H22N2O. The molecule has 1 fully saturated rings. The Morgan fingerprint density at radius 3 is 3.06 bits per heavy atom. The van der Waals surface area contributed by atoms with Gasteiger partial charge in [-0.05, 0) is 39.3 Å². The fourth-order valence-electron chi connectivity index (χ4n) is 2.28. The maximum absolute atomic E-state index is 5.63. The Morgan fingerprint density at radius 2 is 2.44 bits per heavy atom. The van der Waals surface area contributed by atoms with E-state index in [0.717, 1.165) is 26.1 Å². The topological polar surface area (TPSA) is 26.2 Å². The summed E-state index contributed by atoms with van der Waals surface area (Å²) in [5.74, 6) is 0. The third kappa shape index (κ3) is 2.15. The van der Waals surface area contributed by atoms with Crippen LogP contribution in [0.2, 0.25) is 0 Å². The lowest BCUT2D eigenvalue weighted by Gasteiger charge is -2.29. The van der Waals surface area contributed by atoms with Gasteiger partial charge in [0.1, 0.15) is 0 Å². The van der Waals surface area contributed by atoms with Crippen molar-refractivity contribution in [2.24, 2.45) is 0 Å². The lowest BCUT2D eigenvalue weighted by Crippen LogP contribution is -2.47. The lowest BCUT2D eigenvalue weighted by molar-refractivity contribution is 0.0879. The van der Waals surface area contributed by atoms with E-state index in [-0.39, 0.29) is 5.54 Å². The number of nitrogens with zero attached hydrogens (tertiary/aromatic N) is 1. The quantitative estimate of drug-likeness (QED) is 0.845. The molecule has 1 aromatic rings. The highest BCUT2D eigenvalue weighted by molar-refractivity contribution is 5.08. The third-order valence-electron chi connectivity index (χ3n) is 3.82. The molecule has 16 heavy (non-hydrogen) atoms. The molecule has 90 valence electrons. The maximum atomic E-state index is 5.63. The van der Waals surface area contributed by atoms with Crippen molar-refractivity contribution in [2.75, 3.05) is 6.61 Å². The predicted octanol–water partition coefficient (Wildman–Crippen LogP) is 2.17. The molecule has 0 aliphatic carbocycles. The average Bonchev–Trinajstić information content (AvgIpc) is 2.84. The molecule has 2 heterocycles. The van der Waals surface area contributed by atoms with Gasteiger partial charge in [-0.15, -0.1) is 0 Å². The SMILES string of the molecule is CCn1cccc1CNC1(C)CCOC1C. The molecule has 1 saturated heterocycles. The van der Waals surface area contributed by atoms with Crippen molar-refractivity contribution in [3.63, 3.8) is 0 Å². The van der Waals surface area contributed by atoms with Crippen LogP contribution in [-0.4, -0.2) is 22.8 Å². The van der Waals surface area contributed by atoms with Crippen LogP contribution in [0.5, 0.6) is 0 Å². The smallest absolute Gasteiger partial charge is 0.0726 e. The van der Waals surface area contributed by atoms with Crippen molar-refractivity contribution in [3.8, 4) is 0 Å². The molecule has 0 radical (unpaired) electrons. The highest BCUT2D eigenvalue weighted by atomic mass is 16.5. The van der Waals surface area contributed by atoms with Crippen LogP contribution in [0, 0.1) is 0 Å². The van der Waals surface area contributed by atoms with E-state index in [1.165, 1.54) is 5.69 Å². The first-order chi connectivity index (χ1) is 7.65. The number of ether oxygens (including phenoxy) is 1. The summed E-state index contributed by atoms with van der Waals surface area (Å²) >= 11 is 0. The minimum atomic E-state index is 0.128. The van der Waals surface area contributed by atoms with Crippen molar-refractivity contribution in [1.29, 1.82) is 0 Å². The van der Waals surface area contributed by atoms with Crippen LogP contribution < -0.4 is 5.32 Å². The van der Waals surface area contributed by atoms with Crippen LogP contribution in [0.4, 0.5) is 0 Å². The maximum Gasteiger partial charge on any atom is 0.0726 e. The summed E-state index contributed by atoms with van der Waals surface area (Å²) in [7, 11) is 0. The van der Waals surface area contributed by atoms with Crippen LogP contribution in [0.3, 0.4) is 0 Å². The second kappa shape index (κ2) is 4.60. The number of hydrogen-bond donors (Lipinski definition) is 1. The van der Waals surface area contributed by atoms with Crippen molar-refractivity contribution in [2.45, 2.75) is 51.9 Å². The van der Waals surface area contributed by atoms with Gasteiger partial charge in [0.2, 0.25) is 0 Å². The second-order valence-corrected chi connectivity index (χ2v) is 4.82. The lowest BCUT2D eigenvalue weighted by atomic mass is 9.94. The molecule has 1 aromatic heterocycles. The minimum Gasteiger partial charge on any atom is -0.377 e. The summed E-state index contributed by atoms with van der Waals surface area (Å²) in [4.78, 5) is 0. The van der Waals surface area contributed by atoms with E-state index in [2.05, 4.69) is 49.0 Å². The van der Waals surface area contributed by atoms with E-state index < -0.39 is 0 Å². The molecule has 2 unspecified atom stereocenters. The van der Waals surface area contributed by atoms with E-state index in [9.17, 15) is 0 Å². The van der Waals surface area contributed by atoms with E-state index in [1.54, 1.807) is 0 Å². The molecule has 1 N–H and O–H groups in total. The molecule has 0 bridgehead atoms. The van der Waals surface area contributed by atoms with Crippen LogP contribution in [0.15, 0.2) is 18.3 Å². The van der Waals surface area contributed by atoms with Gasteiger partial charge in [0.15, 0.2) is 0 Å². The molecule has 1 aliphatic rings. The van der Waals surface area contributed by atoms with Gasteiger partial charge in [-0.25, -0.2) is 0 Å². The Kier molecular flexibility index (Phi) is 3.36. The molecule has 1 aliphatic heterocycles. The molecule has 0 aromatic carbocycles. The first kappa shape index (κ1) is 11.7. The van der Waals surface area contributed by atoms with Crippen molar-refractivity contribution in [1.82, 2.24) is 9.88 Å². The highest BCUT2D eigenvalue weighted by Crippen LogP contribution is 2.25. The Morgan fingerprint density at radius 1 is 1.62 bits per heavy atom. The minimum absolute atomic E-state index is 0.128. The molecule has 0 spiro atoms. The first-order valence-corrected chi connectivity index (χ1v) is 6.16. The molecule has 3 heteroatoms. The van der Waals surface area contributed by atoms with Crippen molar-refractivity contribution >= 4 is 0 Å². The van der Waals surface area contributed by atoms with E-state index in [1.807, 2.05) is 0 Å². The number of rotatable bonds is 4. The van der Waals surface area contributed by atoms with Crippen LogP contribution in [0.1, 0.15) is 32.9 Å². The Hall–Kier alpha value is -0.800. The van der Waals surface area contributed by atoms with Crippen molar-refractivity contribution < 1.29 is 4.74 Å². The van der Waals surface area contributed by atoms with E-state index in [0.29, 0.717) is 6.10 Å². The Labute approximate surface area is 97.8 Å². The van der Waals surface area contributed by atoms with Gasteiger partial charge in [-0.3, -0.25) is 0 Å². The van der Waals surface area contributed by atoms with Crippen LogP contribution in [-0.2, 0) is 17.8 Å². The largest absolute Gasteiger partial charge is 0.377 e.